The first-order chi connectivity index (χ1) is 8.19. The zero-order valence-electron chi connectivity index (χ0n) is 10.1. The first-order valence-electron chi connectivity index (χ1n) is 5.53. The molecule has 0 aliphatic carbocycles. The van der Waals surface area contributed by atoms with Crippen molar-refractivity contribution >= 4 is 11.3 Å². The highest BCUT2D eigenvalue weighted by atomic mass is 32.1. The van der Waals surface area contributed by atoms with E-state index in [1.807, 2.05) is 18.5 Å². The van der Waals surface area contributed by atoms with Crippen LogP contribution >= 0.6 is 11.3 Å². The summed E-state index contributed by atoms with van der Waals surface area (Å²) in [5, 5.41) is 2.06. The minimum absolute atomic E-state index is 0.533. The van der Waals surface area contributed by atoms with Gasteiger partial charge in [0.2, 0.25) is 0 Å². The Labute approximate surface area is 105 Å². The highest BCUT2D eigenvalue weighted by molar-refractivity contribution is 7.07. The lowest BCUT2D eigenvalue weighted by atomic mass is 10.2. The molecular weight excluding hydrogens is 234 g/mol. The van der Waals surface area contributed by atoms with Gasteiger partial charge in [-0.2, -0.15) is 0 Å². The molecule has 92 valence electrons. The standard InChI is InChI=1S/C12H17N3OS/c1-9-10(4-13)3-12(16-9)6-15(2)5-11-7-17-8-14-11/h3,7-8H,4-6,13H2,1-2H3. The summed E-state index contributed by atoms with van der Waals surface area (Å²) < 4.78 is 5.66. The third-order valence-corrected chi connectivity index (χ3v) is 3.27. The third kappa shape index (κ3) is 3.15. The van der Waals surface area contributed by atoms with Gasteiger partial charge in [0.05, 0.1) is 17.7 Å². The Morgan fingerprint density at radius 3 is 2.88 bits per heavy atom. The van der Waals surface area contributed by atoms with E-state index >= 15 is 0 Å². The van der Waals surface area contributed by atoms with Crippen LogP contribution in [-0.4, -0.2) is 16.9 Å². The van der Waals surface area contributed by atoms with E-state index in [-0.39, 0.29) is 0 Å². The molecule has 0 saturated heterocycles. The number of rotatable bonds is 5. The molecule has 0 spiro atoms. The Bertz CT molecular complexity index is 464. The smallest absolute Gasteiger partial charge is 0.118 e. The van der Waals surface area contributed by atoms with Crippen LogP contribution in [0.5, 0.6) is 0 Å². The van der Waals surface area contributed by atoms with E-state index in [9.17, 15) is 0 Å². The van der Waals surface area contributed by atoms with Crippen molar-refractivity contribution in [3.63, 3.8) is 0 Å². The molecule has 0 aliphatic rings. The predicted molar refractivity (Wildman–Crippen MR) is 68.6 cm³/mol. The second-order valence-corrected chi connectivity index (χ2v) is 4.87. The maximum absolute atomic E-state index is 5.66. The SMILES string of the molecule is Cc1oc(CN(C)Cc2cscn2)cc1CN. The summed E-state index contributed by atoms with van der Waals surface area (Å²) in [6, 6.07) is 2.03. The first kappa shape index (κ1) is 12.3. The van der Waals surface area contributed by atoms with Crippen molar-refractivity contribution in [2.75, 3.05) is 7.05 Å². The maximum Gasteiger partial charge on any atom is 0.118 e. The van der Waals surface area contributed by atoms with Gasteiger partial charge in [-0.25, -0.2) is 4.98 Å². The van der Waals surface area contributed by atoms with Gasteiger partial charge in [0.25, 0.3) is 0 Å². The fourth-order valence-electron chi connectivity index (χ4n) is 1.78. The first-order valence-corrected chi connectivity index (χ1v) is 6.47. The van der Waals surface area contributed by atoms with Gasteiger partial charge in [-0.1, -0.05) is 0 Å². The minimum atomic E-state index is 0.533. The Morgan fingerprint density at radius 2 is 2.29 bits per heavy atom. The van der Waals surface area contributed by atoms with E-state index in [0.717, 1.165) is 35.9 Å². The molecule has 5 heteroatoms. The molecule has 2 aromatic rings. The second kappa shape index (κ2) is 5.44. The van der Waals surface area contributed by atoms with Gasteiger partial charge in [-0.05, 0) is 20.0 Å². The van der Waals surface area contributed by atoms with Gasteiger partial charge in [0.15, 0.2) is 0 Å². The van der Waals surface area contributed by atoms with Crippen LogP contribution in [-0.2, 0) is 19.6 Å². The molecular formula is C12H17N3OS. The van der Waals surface area contributed by atoms with Crippen molar-refractivity contribution in [2.45, 2.75) is 26.6 Å². The van der Waals surface area contributed by atoms with Gasteiger partial charge in [-0.15, -0.1) is 11.3 Å². The Morgan fingerprint density at radius 1 is 1.47 bits per heavy atom. The topological polar surface area (TPSA) is 55.3 Å². The van der Waals surface area contributed by atoms with Crippen molar-refractivity contribution in [2.24, 2.45) is 5.73 Å². The number of hydrogen-bond donors (Lipinski definition) is 1. The number of nitrogens with zero attached hydrogens (tertiary/aromatic N) is 2. The lowest BCUT2D eigenvalue weighted by molar-refractivity contribution is 0.282. The van der Waals surface area contributed by atoms with Crippen molar-refractivity contribution < 1.29 is 4.42 Å². The van der Waals surface area contributed by atoms with Crippen LogP contribution < -0.4 is 5.73 Å². The van der Waals surface area contributed by atoms with E-state index in [1.165, 1.54) is 0 Å². The molecule has 0 aromatic carbocycles. The van der Waals surface area contributed by atoms with Gasteiger partial charge in [0.1, 0.15) is 11.5 Å². The number of aryl methyl sites for hydroxylation is 1. The normalized spacial score (nSPS) is 11.3. The van der Waals surface area contributed by atoms with E-state index in [1.54, 1.807) is 11.3 Å². The highest BCUT2D eigenvalue weighted by Crippen LogP contribution is 2.16. The van der Waals surface area contributed by atoms with Crippen LogP contribution in [0.25, 0.3) is 0 Å². The Balaban J connectivity index is 1.95. The van der Waals surface area contributed by atoms with Gasteiger partial charge < -0.3 is 10.2 Å². The molecule has 0 unspecified atom stereocenters. The summed E-state index contributed by atoms with van der Waals surface area (Å²) >= 11 is 1.62. The molecule has 0 saturated carbocycles. The quantitative estimate of drug-likeness (QED) is 0.884. The molecule has 0 atom stereocenters. The van der Waals surface area contributed by atoms with Gasteiger partial charge >= 0.3 is 0 Å². The molecule has 2 rings (SSSR count). The average Bonchev–Trinajstić information content (AvgIpc) is 2.88. The monoisotopic (exact) mass is 251 g/mol. The van der Waals surface area contributed by atoms with Crippen molar-refractivity contribution in [1.29, 1.82) is 0 Å². The lowest BCUT2D eigenvalue weighted by Gasteiger charge is -2.12. The largest absolute Gasteiger partial charge is 0.465 e. The minimum Gasteiger partial charge on any atom is -0.465 e. The molecule has 2 heterocycles. The molecule has 4 nitrogen and oxygen atoms in total. The zero-order chi connectivity index (χ0) is 12.3. The highest BCUT2D eigenvalue weighted by Gasteiger charge is 2.09. The molecule has 17 heavy (non-hydrogen) atoms. The average molecular weight is 251 g/mol. The van der Waals surface area contributed by atoms with Crippen molar-refractivity contribution in [1.82, 2.24) is 9.88 Å². The number of nitrogens with two attached hydrogens (primary N) is 1. The van der Waals surface area contributed by atoms with Crippen LogP contribution in [0, 0.1) is 6.92 Å². The third-order valence-electron chi connectivity index (χ3n) is 2.63. The van der Waals surface area contributed by atoms with E-state index in [4.69, 9.17) is 10.2 Å². The van der Waals surface area contributed by atoms with Crippen molar-refractivity contribution in [3.8, 4) is 0 Å². The summed E-state index contributed by atoms with van der Waals surface area (Å²) in [6.07, 6.45) is 0. The van der Waals surface area contributed by atoms with E-state index < -0.39 is 0 Å². The van der Waals surface area contributed by atoms with Crippen molar-refractivity contribution in [3.05, 3.63) is 39.7 Å². The summed E-state index contributed by atoms with van der Waals surface area (Å²) in [5.74, 6) is 1.88. The summed E-state index contributed by atoms with van der Waals surface area (Å²) in [5.41, 5.74) is 9.66. The molecule has 0 bridgehead atoms. The molecule has 0 amide bonds. The van der Waals surface area contributed by atoms with Gasteiger partial charge in [0, 0.05) is 24.0 Å². The maximum atomic E-state index is 5.66. The molecule has 0 fully saturated rings. The van der Waals surface area contributed by atoms with E-state index in [0.29, 0.717) is 6.54 Å². The fourth-order valence-corrected chi connectivity index (χ4v) is 2.33. The summed E-state index contributed by atoms with van der Waals surface area (Å²) in [6.45, 7) is 4.09. The molecule has 2 aromatic heterocycles. The Hall–Kier alpha value is -1.17. The number of aromatic nitrogens is 1. The molecule has 2 N–H and O–H groups in total. The fraction of sp³-hybridized carbons (Fsp3) is 0.417. The lowest BCUT2D eigenvalue weighted by Crippen LogP contribution is -2.16. The van der Waals surface area contributed by atoms with Crippen LogP contribution in [0.3, 0.4) is 0 Å². The summed E-state index contributed by atoms with van der Waals surface area (Å²) in [4.78, 5) is 6.44. The van der Waals surface area contributed by atoms with Crippen LogP contribution in [0.15, 0.2) is 21.4 Å². The predicted octanol–water partition coefficient (Wildman–Crippen LogP) is 2.14. The Kier molecular flexibility index (Phi) is 3.93. The number of hydrogen-bond acceptors (Lipinski definition) is 5. The van der Waals surface area contributed by atoms with E-state index in [2.05, 4.69) is 22.3 Å². The van der Waals surface area contributed by atoms with Crippen LogP contribution in [0.2, 0.25) is 0 Å². The van der Waals surface area contributed by atoms with Crippen LogP contribution in [0.1, 0.15) is 22.8 Å². The summed E-state index contributed by atoms with van der Waals surface area (Å²) in [7, 11) is 2.05. The van der Waals surface area contributed by atoms with Gasteiger partial charge in [-0.3, -0.25) is 4.90 Å². The van der Waals surface area contributed by atoms with Crippen LogP contribution in [0.4, 0.5) is 0 Å². The molecule has 0 aliphatic heterocycles. The number of thiazole rings is 1. The zero-order valence-corrected chi connectivity index (χ0v) is 11.0. The number of furan rings is 1. The molecule has 0 radical (unpaired) electrons. The second-order valence-electron chi connectivity index (χ2n) is 4.15.